The molecule has 7 heteroatoms. The van der Waals surface area contributed by atoms with Gasteiger partial charge in [-0.25, -0.2) is 0 Å². The average Bonchev–Trinajstić information content (AvgIpc) is 3.37. The highest BCUT2D eigenvalue weighted by Gasteiger charge is 2.41. The third kappa shape index (κ3) is 5.04. The smallest absolute Gasteiger partial charge is 0.170 e. The van der Waals surface area contributed by atoms with Crippen molar-refractivity contribution >= 4 is 38.9 Å². The van der Waals surface area contributed by atoms with Gasteiger partial charge in [-0.3, -0.25) is 4.98 Å². The van der Waals surface area contributed by atoms with Crippen LogP contribution in [0.1, 0.15) is 41.1 Å². The molecule has 184 valence electrons. The van der Waals surface area contributed by atoms with Crippen LogP contribution in [0.4, 0.5) is 5.69 Å². The molecule has 0 radical (unpaired) electrons. The predicted octanol–water partition coefficient (Wildman–Crippen LogP) is 6.73. The van der Waals surface area contributed by atoms with Crippen LogP contribution in [0, 0.1) is 13.8 Å². The van der Waals surface area contributed by atoms with Gasteiger partial charge in [0.05, 0.1) is 17.8 Å². The molecular weight excluding hydrogens is 530 g/mol. The topological polar surface area (TPSA) is 45.1 Å². The highest BCUT2D eigenvalue weighted by atomic mass is 79.9. The SMILES string of the molecule is Cc1cc([C@H]2[C@H](c3ccccn3)NC(=S)N2CCCNc2ccccc2)c(C)n1-c1cccc(Br)c1. The minimum absolute atomic E-state index is 0.0164. The Morgan fingerprint density at radius 1 is 1.00 bits per heavy atom. The van der Waals surface area contributed by atoms with Crippen LogP contribution >= 0.6 is 28.1 Å². The third-order valence-corrected chi connectivity index (χ3v) is 7.58. The maximum absolute atomic E-state index is 5.88. The minimum atomic E-state index is -0.0164. The second-order valence-corrected chi connectivity index (χ2v) is 10.4. The summed E-state index contributed by atoms with van der Waals surface area (Å²) >= 11 is 9.51. The molecule has 5 rings (SSSR count). The number of aromatic nitrogens is 2. The van der Waals surface area contributed by atoms with Crippen molar-refractivity contribution in [3.05, 3.63) is 112 Å². The number of pyridine rings is 1. The second-order valence-electron chi connectivity index (χ2n) is 9.11. The van der Waals surface area contributed by atoms with Crippen molar-refractivity contribution in [2.75, 3.05) is 18.4 Å². The van der Waals surface area contributed by atoms with Crippen LogP contribution in [-0.2, 0) is 0 Å². The molecule has 2 atom stereocenters. The molecule has 36 heavy (non-hydrogen) atoms. The van der Waals surface area contributed by atoms with Gasteiger partial charge in [-0.05, 0) is 86.6 Å². The second kappa shape index (κ2) is 10.8. The summed E-state index contributed by atoms with van der Waals surface area (Å²) in [5.41, 5.74) is 6.97. The van der Waals surface area contributed by atoms with E-state index in [-0.39, 0.29) is 12.1 Å². The fraction of sp³-hybridized carbons (Fsp3) is 0.241. The van der Waals surface area contributed by atoms with Crippen LogP contribution in [0.15, 0.2) is 89.5 Å². The molecule has 0 saturated carbocycles. The van der Waals surface area contributed by atoms with E-state index in [1.54, 1.807) is 0 Å². The van der Waals surface area contributed by atoms with E-state index in [4.69, 9.17) is 17.2 Å². The maximum Gasteiger partial charge on any atom is 0.170 e. The van der Waals surface area contributed by atoms with Gasteiger partial charge in [0.25, 0.3) is 0 Å². The number of halogens is 1. The highest BCUT2D eigenvalue weighted by molar-refractivity contribution is 9.10. The molecule has 0 amide bonds. The van der Waals surface area contributed by atoms with Gasteiger partial charge < -0.3 is 20.1 Å². The normalized spacial score (nSPS) is 17.3. The Morgan fingerprint density at radius 3 is 2.56 bits per heavy atom. The van der Waals surface area contributed by atoms with Crippen molar-refractivity contribution in [1.82, 2.24) is 19.8 Å². The zero-order chi connectivity index (χ0) is 25.1. The van der Waals surface area contributed by atoms with Gasteiger partial charge in [-0.15, -0.1) is 0 Å². The summed E-state index contributed by atoms with van der Waals surface area (Å²) in [4.78, 5) is 7.04. The van der Waals surface area contributed by atoms with Crippen molar-refractivity contribution < 1.29 is 0 Å². The Hall–Kier alpha value is -3.16. The Bertz CT molecular complexity index is 1340. The van der Waals surface area contributed by atoms with E-state index < -0.39 is 0 Å². The zero-order valence-corrected chi connectivity index (χ0v) is 22.9. The first-order valence-electron chi connectivity index (χ1n) is 12.2. The molecule has 2 N–H and O–H groups in total. The molecule has 4 aromatic rings. The zero-order valence-electron chi connectivity index (χ0n) is 20.5. The van der Waals surface area contributed by atoms with Gasteiger partial charge in [0.2, 0.25) is 0 Å². The average molecular weight is 561 g/mol. The molecule has 2 aromatic heterocycles. The van der Waals surface area contributed by atoms with Gasteiger partial charge in [-0.2, -0.15) is 0 Å². The van der Waals surface area contributed by atoms with Crippen LogP contribution in [0.3, 0.4) is 0 Å². The van der Waals surface area contributed by atoms with Crippen molar-refractivity contribution in [3.8, 4) is 5.69 Å². The summed E-state index contributed by atoms with van der Waals surface area (Å²) in [7, 11) is 0. The number of para-hydroxylation sites is 1. The van der Waals surface area contributed by atoms with Crippen LogP contribution in [0.2, 0.25) is 0 Å². The maximum atomic E-state index is 5.88. The van der Waals surface area contributed by atoms with E-state index in [0.29, 0.717) is 0 Å². The molecule has 5 nitrogen and oxygen atoms in total. The fourth-order valence-corrected chi connectivity index (χ4v) is 5.84. The molecule has 1 aliphatic heterocycles. The number of nitrogens with zero attached hydrogens (tertiary/aromatic N) is 3. The van der Waals surface area contributed by atoms with Gasteiger partial charge in [0.15, 0.2) is 5.11 Å². The van der Waals surface area contributed by atoms with Gasteiger partial charge in [0, 0.05) is 46.5 Å². The summed E-state index contributed by atoms with van der Waals surface area (Å²) < 4.78 is 3.39. The Balaban J connectivity index is 1.46. The number of benzene rings is 2. The van der Waals surface area contributed by atoms with E-state index >= 15 is 0 Å². The molecule has 3 heterocycles. The van der Waals surface area contributed by atoms with E-state index in [0.717, 1.165) is 46.2 Å². The first-order chi connectivity index (χ1) is 17.5. The molecular formula is C29H30BrN5S. The van der Waals surface area contributed by atoms with Crippen molar-refractivity contribution in [1.29, 1.82) is 0 Å². The van der Waals surface area contributed by atoms with E-state index in [1.165, 1.54) is 17.0 Å². The Morgan fingerprint density at radius 2 is 1.81 bits per heavy atom. The lowest BCUT2D eigenvalue weighted by atomic mass is 9.96. The summed E-state index contributed by atoms with van der Waals surface area (Å²) in [5, 5.41) is 7.89. The first-order valence-corrected chi connectivity index (χ1v) is 13.4. The first kappa shape index (κ1) is 24.5. The number of nitrogens with one attached hydrogen (secondary N) is 2. The number of anilines is 1. The predicted molar refractivity (Wildman–Crippen MR) is 155 cm³/mol. The van der Waals surface area contributed by atoms with Crippen LogP contribution in [0.25, 0.3) is 5.69 Å². The molecule has 0 unspecified atom stereocenters. The standard InChI is InChI=1S/C29H30BrN5S/c1-20-18-25(21(2)35(20)24-13-8-10-22(30)19-24)28-27(26-14-6-7-15-32-26)33-29(36)34(28)17-9-16-31-23-11-4-3-5-12-23/h3-8,10-15,18-19,27-28,31H,9,16-17H2,1-2H3,(H,33,36)/t27-,28-/m0/s1. The molecule has 0 bridgehead atoms. The monoisotopic (exact) mass is 559 g/mol. The number of hydrogen-bond donors (Lipinski definition) is 2. The van der Waals surface area contributed by atoms with Gasteiger partial charge in [-0.1, -0.05) is 46.3 Å². The van der Waals surface area contributed by atoms with Crippen LogP contribution in [0.5, 0.6) is 0 Å². The number of hydrogen-bond acceptors (Lipinski definition) is 3. The summed E-state index contributed by atoms with van der Waals surface area (Å²) in [6.07, 6.45) is 2.82. The van der Waals surface area contributed by atoms with Crippen LogP contribution < -0.4 is 10.6 Å². The van der Waals surface area contributed by atoms with Crippen molar-refractivity contribution in [2.24, 2.45) is 0 Å². The van der Waals surface area contributed by atoms with Crippen molar-refractivity contribution in [3.63, 3.8) is 0 Å². The van der Waals surface area contributed by atoms with Gasteiger partial charge in [0.1, 0.15) is 0 Å². The van der Waals surface area contributed by atoms with Crippen LogP contribution in [-0.4, -0.2) is 32.7 Å². The third-order valence-electron chi connectivity index (χ3n) is 6.73. The van der Waals surface area contributed by atoms with E-state index in [1.807, 2.05) is 24.4 Å². The van der Waals surface area contributed by atoms with Gasteiger partial charge >= 0.3 is 0 Å². The highest BCUT2D eigenvalue weighted by Crippen LogP contribution is 2.41. The fourth-order valence-electron chi connectivity index (χ4n) is 5.12. The Kier molecular flexibility index (Phi) is 7.39. The molecule has 2 aromatic carbocycles. The number of thiocarbonyl (C=S) groups is 1. The molecule has 1 saturated heterocycles. The number of aryl methyl sites for hydroxylation is 1. The van der Waals surface area contributed by atoms with Crippen molar-refractivity contribution in [2.45, 2.75) is 32.4 Å². The lowest BCUT2D eigenvalue weighted by molar-refractivity contribution is 0.315. The Labute approximate surface area is 226 Å². The number of rotatable bonds is 8. The largest absolute Gasteiger partial charge is 0.385 e. The van der Waals surface area contributed by atoms with E-state index in [2.05, 4.69) is 111 Å². The summed E-state index contributed by atoms with van der Waals surface area (Å²) in [5.74, 6) is 0. The quantitative estimate of drug-likeness (QED) is 0.185. The minimum Gasteiger partial charge on any atom is -0.385 e. The lowest BCUT2D eigenvalue weighted by Gasteiger charge is -2.28. The lowest BCUT2D eigenvalue weighted by Crippen LogP contribution is -2.31. The molecule has 0 aliphatic carbocycles. The molecule has 0 spiro atoms. The molecule has 1 aliphatic rings. The summed E-state index contributed by atoms with van der Waals surface area (Å²) in [6, 6.07) is 27.2. The summed E-state index contributed by atoms with van der Waals surface area (Å²) in [6.45, 7) is 6.10. The molecule has 1 fully saturated rings. The van der Waals surface area contributed by atoms with E-state index in [9.17, 15) is 0 Å².